The molecule has 1 aromatic carbocycles. The van der Waals surface area contributed by atoms with Gasteiger partial charge in [0.1, 0.15) is 6.17 Å². The number of nitrogens with zero attached hydrogens (tertiary/aromatic N) is 2. The molecule has 142 valence electrons. The van der Waals surface area contributed by atoms with Gasteiger partial charge < -0.3 is 19.9 Å². The topological polar surface area (TPSA) is 44.8 Å². The Hall–Kier alpha value is -1.31. The smallest absolute Gasteiger partial charge is 0.239 e. The van der Waals surface area contributed by atoms with E-state index in [1.807, 2.05) is 11.0 Å². The maximum absolute atomic E-state index is 13.8. The average Bonchev–Trinajstić information content (AvgIpc) is 3.01. The first-order valence-corrected chi connectivity index (χ1v) is 7.83. The quantitative estimate of drug-likeness (QED) is 0.847. The fourth-order valence-corrected chi connectivity index (χ4v) is 3.14. The Morgan fingerprint density at radius 3 is 2.44 bits per heavy atom. The van der Waals surface area contributed by atoms with Crippen LogP contribution in [0.5, 0.6) is 5.75 Å². The molecule has 2 aliphatic heterocycles. The van der Waals surface area contributed by atoms with Crippen LogP contribution in [0.1, 0.15) is 6.42 Å². The second-order valence-electron chi connectivity index (χ2n) is 5.93. The van der Waals surface area contributed by atoms with Crippen LogP contribution >= 0.6 is 24.8 Å². The van der Waals surface area contributed by atoms with Crippen molar-refractivity contribution < 1.29 is 18.3 Å². The summed E-state index contributed by atoms with van der Waals surface area (Å²) in [6.07, 6.45) is -0.685. The number of ether oxygens (including phenoxy) is 1. The Kier molecular flexibility index (Phi) is 8.18. The molecule has 3 rings (SSSR count). The number of halogens is 4. The molecule has 1 amide bonds. The van der Waals surface area contributed by atoms with E-state index < -0.39 is 18.0 Å². The predicted molar refractivity (Wildman–Crippen MR) is 97.5 cm³/mol. The SMILES string of the molecule is COc1ccc(N2CCN(C(=O)[C@H]3C[C@H](F)CN3)CC2)cc1F.Cl.Cl. The number of methoxy groups -OCH3 is 1. The first-order valence-electron chi connectivity index (χ1n) is 7.83. The molecule has 25 heavy (non-hydrogen) atoms. The van der Waals surface area contributed by atoms with Crippen LogP contribution in [0.25, 0.3) is 0 Å². The van der Waals surface area contributed by atoms with Crippen molar-refractivity contribution in [2.45, 2.75) is 18.6 Å². The number of alkyl halides is 1. The maximum Gasteiger partial charge on any atom is 0.239 e. The van der Waals surface area contributed by atoms with E-state index in [0.29, 0.717) is 26.2 Å². The third-order valence-corrected chi connectivity index (χ3v) is 4.47. The molecule has 0 radical (unpaired) electrons. The van der Waals surface area contributed by atoms with Crippen LogP contribution in [0.2, 0.25) is 0 Å². The van der Waals surface area contributed by atoms with Crippen molar-refractivity contribution >= 4 is 36.4 Å². The number of hydrogen-bond donors (Lipinski definition) is 1. The summed E-state index contributed by atoms with van der Waals surface area (Å²) in [7, 11) is 1.43. The van der Waals surface area contributed by atoms with E-state index >= 15 is 0 Å². The van der Waals surface area contributed by atoms with E-state index in [-0.39, 0.29) is 49.4 Å². The highest BCUT2D eigenvalue weighted by molar-refractivity contribution is 5.85. The molecule has 2 saturated heterocycles. The second kappa shape index (κ2) is 9.40. The van der Waals surface area contributed by atoms with Gasteiger partial charge in [-0.25, -0.2) is 8.78 Å². The molecule has 0 aromatic heterocycles. The summed E-state index contributed by atoms with van der Waals surface area (Å²) in [6.45, 7) is 2.62. The first-order chi connectivity index (χ1) is 11.1. The van der Waals surface area contributed by atoms with Gasteiger partial charge in [0.25, 0.3) is 0 Å². The molecule has 2 atom stereocenters. The minimum atomic E-state index is -0.937. The van der Waals surface area contributed by atoms with Crippen LogP contribution in [0.4, 0.5) is 14.5 Å². The van der Waals surface area contributed by atoms with Crippen molar-refractivity contribution in [3.05, 3.63) is 24.0 Å². The molecule has 1 N–H and O–H groups in total. The number of carbonyl (C=O) groups excluding carboxylic acids is 1. The van der Waals surface area contributed by atoms with Crippen LogP contribution < -0.4 is 15.0 Å². The lowest BCUT2D eigenvalue weighted by Crippen LogP contribution is -2.53. The summed E-state index contributed by atoms with van der Waals surface area (Å²) in [6, 6.07) is 4.45. The van der Waals surface area contributed by atoms with E-state index in [9.17, 15) is 13.6 Å². The third kappa shape index (κ3) is 4.86. The Bertz CT molecular complexity index is 586. The molecular formula is C16H23Cl2F2N3O2. The summed E-state index contributed by atoms with van der Waals surface area (Å²) >= 11 is 0. The molecule has 0 aliphatic carbocycles. The van der Waals surface area contributed by atoms with E-state index in [1.165, 1.54) is 13.2 Å². The highest BCUT2D eigenvalue weighted by Gasteiger charge is 2.33. The zero-order valence-electron chi connectivity index (χ0n) is 13.9. The number of hydrogen-bond acceptors (Lipinski definition) is 4. The monoisotopic (exact) mass is 397 g/mol. The van der Waals surface area contributed by atoms with Gasteiger partial charge in [0.05, 0.1) is 13.2 Å². The van der Waals surface area contributed by atoms with Gasteiger partial charge in [0, 0.05) is 50.9 Å². The van der Waals surface area contributed by atoms with Gasteiger partial charge >= 0.3 is 0 Å². The summed E-state index contributed by atoms with van der Waals surface area (Å²) in [4.78, 5) is 16.1. The average molecular weight is 398 g/mol. The zero-order valence-corrected chi connectivity index (χ0v) is 15.5. The predicted octanol–water partition coefficient (Wildman–Crippen LogP) is 2.03. The minimum Gasteiger partial charge on any atom is -0.494 e. The fourth-order valence-electron chi connectivity index (χ4n) is 3.14. The minimum absolute atomic E-state index is 0. The number of carbonyl (C=O) groups is 1. The first kappa shape index (κ1) is 21.7. The Morgan fingerprint density at radius 2 is 1.92 bits per heavy atom. The molecule has 0 unspecified atom stereocenters. The van der Waals surface area contributed by atoms with E-state index in [4.69, 9.17) is 4.74 Å². The van der Waals surface area contributed by atoms with Gasteiger partial charge in [-0.3, -0.25) is 4.79 Å². The van der Waals surface area contributed by atoms with Crippen LogP contribution in [-0.2, 0) is 4.79 Å². The lowest BCUT2D eigenvalue weighted by atomic mass is 10.1. The Morgan fingerprint density at radius 1 is 1.24 bits per heavy atom. The molecule has 2 fully saturated rings. The van der Waals surface area contributed by atoms with Gasteiger partial charge in [0.2, 0.25) is 5.91 Å². The third-order valence-electron chi connectivity index (χ3n) is 4.47. The van der Waals surface area contributed by atoms with E-state index in [1.54, 1.807) is 11.0 Å². The van der Waals surface area contributed by atoms with E-state index in [0.717, 1.165) is 5.69 Å². The van der Waals surface area contributed by atoms with Crippen LogP contribution in [0.3, 0.4) is 0 Å². The van der Waals surface area contributed by atoms with Gasteiger partial charge in [0.15, 0.2) is 11.6 Å². The molecule has 9 heteroatoms. The number of nitrogens with one attached hydrogen (secondary N) is 1. The highest BCUT2D eigenvalue weighted by Crippen LogP contribution is 2.24. The fraction of sp³-hybridized carbons (Fsp3) is 0.562. The summed E-state index contributed by atoms with van der Waals surface area (Å²) in [5, 5.41) is 2.92. The largest absolute Gasteiger partial charge is 0.494 e. The van der Waals surface area contributed by atoms with Gasteiger partial charge in [-0.2, -0.15) is 0 Å². The van der Waals surface area contributed by atoms with Gasteiger partial charge in [-0.1, -0.05) is 0 Å². The van der Waals surface area contributed by atoms with Crippen molar-refractivity contribution in [2.75, 3.05) is 44.7 Å². The number of anilines is 1. The van der Waals surface area contributed by atoms with Crippen molar-refractivity contribution in [2.24, 2.45) is 0 Å². The Labute approximate surface area is 158 Å². The van der Waals surface area contributed by atoms with Gasteiger partial charge in [-0.05, 0) is 12.1 Å². The number of piperazine rings is 1. The van der Waals surface area contributed by atoms with E-state index in [2.05, 4.69) is 5.32 Å². The molecule has 2 heterocycles. The van der Waals surface area contributed by atoms with Gasteiger partial charge in [-0.15, -0.1) is 24.8 Å². The lowest BCUT2D eigenvalue weighted by Gasteiger charge is -2.37. The van der Waals surface area contributed by atoms with Crippen molar-refractivity contribution in [3.63, 3.8) is 0 Å². The summed E-state index contributed by atoms with van der Waals surface area (Å²) in [5.41, 5.74) is 0.776. The Balaban J connectivity index is 0.00000156. The van der Waals surface area contributed by atoms with Crippen LogP contribution in [0, 0.1) is 5.82 Å². The number of amides is 1. The van der Waals surface area contributed by atoms with Crippen molar-refractivity contribution in [1.82, 2.24) is 10.2 Å². The molecule has 1 aromatic rings. The summed E-state index contributed by atoms with van der Waals surface area (Å²) in [5.74, 6) is -0.214. The second-order valence-corrected chi connectivity index (χ2v) is 5.93. The molecule has 5 nitrogen and oxygen atoms in total. The standard InChI is InChI=1S/C16H21F2N3O2.2ClH/c1-23-15-3-2-12(9-13(15)18)20-4-6-21(7-5-20)16(22)14-8-11(17)10-19-14;;/h2-3,9,11,14,19H,4-8,10H2,1H3;2*1H/t11-,14+;;/m0../s1. The normalized spacial score (nSPS) is 22.8. The summed E-state index contributed by atoms with van der Waals surface area (Å²) < 4.78 is 31.9. The molecular weight excluding hydrogens is 375 g/mol. The highest BCUT2D eigenvalue weighted by atomic mass is 35.5. The molecule has 0 bridgehead atoms. The van der Waals surface area contributed by atoms with Crippen LogP contribution in [-0.4, -0.2) is 62.9 Å². The molecule has 0 spiro atoms. The molecule has 0 saturated carbocycles. The number of benzene rings is 1. The maximum atomic E-state index is 13.8. The molecule has 2 aliphatic rings. The number of rotatable bonds is 3. The van der Waals surface area contributed by atoms with Crippen molar-refractivity contribution in [3.8, 4) is 5.75 Å². The lowest BCUT2D eigenvalue weighted by molar-refractivity contribution is -0.133. The van der Waals surface area contributed by atoms with Crippen molar-refractivity contribution in [1.29, 1.82) is 0 Å². The van der Waals surface area contributed by atoms with Crippen LogP contribution in [0.15, 0.2) is 18.2 Å². The zero-order chi connectivity index (χ0) is 16.4.